The molecule has 0 aliphatic rings. The Balaban J connectivity index is 0.00000312. The molecule has 0 unspecified atom stereocenters. The molecule has 1 aromatic carbocycles. The van der Waals surface area contributed by atoms with E-state index in [1.54, 1.807) is 24.8 Å². The second kappa shape index (κ2) is 11.8. The molecule has 2 aromatic rings. The summed E-state index contributed by atoms with van der Waals surface area (Å²) in [7, 11) is 1.99. The van der Waals surface area contributed by atoms with Crippen molar-refractivity contribution >= 4 is 29.9 Å². The van der Waals surface area contributed by atoms with Gasteiger partial charge in [-0.2, -0.15) is 0 Å². The highest BCUT2D eigenvalue weighted by Gasteiger charge is 2.06. The normalized spacial score (nSPS) is 11.1. The van der Waals surface area contributed by atoms with Crippen LogP contribution in [0.4, 0.5) is 4.39 Å². The topological polar surface area (TPSA) is 58.3 Å². The summed E-state index contributed by atoms with van der Waals surface area (Å²) < 4.78 is 15.0. The lowest BCUT2D eigenvalue weighted by Gasteiger charge is -2.22. The molecule has 0 atom stereocenters. The average molecular weight is 460 g/mol. The standard InChI is InChI=1S/C17H25FN6.HI/c1-3-19-17(20-10-4-5-11-24-13-21-22-14-24)23(2)12-15-6-8-16(18)9-7-15;/h6-9,13-14H,3-5,10-12H2,1-2H3,(H,19,20);1H. The van der Waals surface area contributed by atoms with Gasteiger partial charge >= 0.3 is 0 Å². The fraction of sp³-hybridized carbons (Fsp3) is 0.471. The lowest BCUT2D eigenvalue weighted by atomic mass is 10.2. The Morgan fingerprint density at radius 2 is 1.88 bits per heavy atom. The van der Waals surface area contributed by atoms with Gasteiger partial charge in [0, 0.05) is 33.2 Å². The third kappa shape index (κ3) is 7.80. The number of nitrogens with one attached hydrogen (secondary N) is 1. The Kier molecular flexibility index (Phi) is 10.0. The molecular formula is C17H26FIN6. The lowest BCUT2D eigenvalue weighted by Crippen LogP contribution is -2.38. The fourth-order valence-electron chi connectivity index (χ4n) is 2.34. The molecule has 0 radical (unpaired) electrons. The van der Waals surface area contributed by atoms with Crippen LogP contribution in [-0.4, -0.2) is 45.8 Å². The second-order valence-electron chi connectivity index (χ2n) is 5.62. The predicted molar refractivity (Wildman–Crippen MR) is 109 cm³/mol. The van der Waals surface area contributed by atoms with Gasteiger partial charge in [-0.25, -0.2) is 4.39 Å². The molecule has 0 aliphatic heterocycles. The number of halogens is 2. The van der Waals surface area contributed by atoms with E-state index >= 15 is 0 Å². The SMILES string of the molecule is CCNC(=NCCCCn1cnnc1)N(C)Cc1ccc(F)cc1.I. The highest BCUT2D eigenvalue weighted by molar-refractivity contribution is 14.0. The van der Waals surface area contributed by atoms with Crippen LogP contribution in [0.25, 0.3) is 0 Å². The van der Waals surface area contributed by atoms with Gasteiger partial charge in [0.05, 0.1) is 0 Å². The van der Waals surface area contributed by atoms with Gasteiger partial charge in [0.15, 0.2) is 5.96 Å². The molecule has 25 heavy (non-hydrogen) atoms. The zero-order valence-corrected chi connectivity index (χ0v) is 17.1. The molecule has 6 nitrogen and oxygen atoms in total. The summed E-state index contributed by atoms with van der Waals surface area (Å²) in [5.41, 5.74) is 1.05. The quantitative estimate of drug-likeness (QED) is 0.285. The maximum absolute atomic E-state index is 13.0. The van der Waals surface area contributed by atoms with E-state index in [1.807, 2.05) is 18.5 Å². The van der Waals surface area contributed by atoms with Crippen molar-refractivity contribution in [3.8, 4) is 0 Å². The highest BCUT2D eigenvalue weighted by atomic mass is 127. The lowest BCUT2D eigenvalue weighted by molar-refractivity contribution is 0.475. The van der Waals surface area contributed by atoms with Gasteiger partial charge in [-0.05, 0) is 37.5 Å². The molecule has 2 rings (SSSR count). The largest absolute Gasteiger partial charge is 0.357 e. The number of benzene rings is 1. The van der Waals surface area contributed by atoms with Crippen molar-refractivity contribution in [2.75, 3.05) is 20.1 Å². The van der Waals surface area contributed by atoms with E-state index in [4.69, 9.17) is 0 Å². The first-order valence-electron chi connectivity index (χ1n) is 8.25. The Morgan fingerprint density at radius 1 is 1.20 bits per heavy atom. The Hall–Kier alpha value is -1.71. The van der Waals surface area contributed by atoms with Crippen LogP contribution in [0.15, 0.2) is 41.9 Å². The van der Waals surface area contributed by atoms with Gasteiger partial charge in [0.1, 0.15) is 18.5 Å². The summed E-state index contributed by atoms with van der Waals surface area (Å²) >= 11 is 0. The van der Waals surface area contributed by atoms with Crippen molar-refractivity contribution in [1.29, 1.82) is 0 Å². The zero-order valence-electron chi connectivity index (χ0n) is 14.7. The minimum Gasteiger partial charge on any atom is -0.357 e. The molecule has 0 fully saturated rings. The van der Waals surface area contributed by atoms with Crippen LogP contribution in [-0.2, 0) is 13.1 Å². The van der Waals surface area contributed by atoms with Crippen molar-refractivity contribution in [3.05, 3.63) is 48.3 Å². The van der Waals surface area contributed by atoms with E-state index in [9.17, 15) is 4.39 Å². The number of rotatable bonds is 8. The van der Waals surface area contributed by atoms with Crippen molar-refractivity contribution in [2.24, 2.45) is 4.99 Å². The van der Waals surface area contributed by atoms with Crippen LogP contribution in [0.2, 0.25) is 0 Å². The number of aryl methyl sites for hydroxylation is 1. The Labute approximate surface area is 165 Å². The zero-order chi connectivity index (χ0) is 17.2. The highest BCUT2D eigenvalue weighted by Crippen LogP contribution is 2.06. The minimum absolute atomic E-state index is 0. The van der Waals surface area contributed by atoms with E-state index < -0.39 is 0 Å². The molecular weight excluding hydrogens is 434 g/mol. The first kappa shape index (κ1) is 21.3. The van der Waals surface area contributed by atoms with E-state index in [0.29, 0.717) is 6.54 Å². The molecule has 0 spiro atoms. The molecule has 1 N–H and O–H groups in total. The van der Waals surface area contributed by atoms with E-state index in [2.05, 4.69) is 25.4 Å². The van der Waals surface area contributed by atoms with E-state index in [-0.39, 0.29) is 29.8 Å². The second-order valence-corrected chi connectivity index (χ2v) is 5.62. The Bertz CT molecular complexity index is 615. The maximum Gasteiger partial charge on any atom is 0.193 e. The summed E-state index contributed by atoms with van der Waals surface area (Å²) in [6.07, 6.45) is 5.48. The number of guanidine groups is 1. The monoisotopic (exact) mass is 460 g/mol. The third-order valence-electron chi connectivity index (χ3n) is 3.58. The van der Waals surface area contributed by atoms with Crippen molar-refractivity contribution < 1.29 is 4.39 Å². The summed E-state index contributed by atoms with van der Waals surface area (Å²) in [6, 6.07) is 6.57. The molecule has 0 saturated heterocycles. The van der Waals surface area contributed by atoms with Gasteiger partial charge in [0.2, 0.25) is 0 Å². The van der Waals surface area contributed by atoms with E-state index in [1.165, 1.54) is 12.1 Å². The number of hydrogen-bond acceptors (Lipinski definition) is 3. The molecule has 1 aromatic heterocycles. The van der Waals surface area contributed by atoms with Crippen LogP contribution < -0.4 is 5.32 Å². The van der Waals surface area contributed by atoms with Crippen LogP contribution in [0.3, 0.4) is 0 Å². The first-order valence-corrected chi connectivity index (χ1v) is 8.25. The molecule has 8 heteroatoms. The van der Waals surface area contributed by atoms with E-state index in [0.717, 1.165) is 44.0 Å². The number of aliphatic imine (C=N–C) groups is 1. The van der Waals surface area contributed by atoms with Crippen molar-refractivity contribution in [3.63, 3.8) is 0 Å². The third-order valence-corrected chi connectivity index (χ3v) is 3.58. The smallest absolute Gasteiger partial charge is 0.193 e. The molecule has 0 aliphatic carbocycles. The molecule has 138 valence electrons. The summed E-state index contributed by atoms with van der Waals surface area (Å²) in [5.74, 6) is 0.654. The fourth-order valence-corrected chi connectivity index (χ4v) is 2.34. The molecule has 0 saturated carbocycles. The maximum atomic E-state index is 13.0. The van der Waals surface area contributed by atoms with Gasteiger partial charge < -0.3 is 14.8 Å². The predicted octanol–water partition coefficient (Wildman–Crippen LogP) is 2.91. The number of aromatic nitrogens is 3. The van der Waals surface area contributed by atoms with Gasteiger partial charge in [-0.3, -0.25) is 4.99 Å². The molecule has 0 amide bonds. The van der Waals surface area contributed by atoms with Crippen LogP contribution in [0.1, 0.15) is 25.3 Å². The molecule has 1 heterocycles. The number of hydrogen-bond donors (Lipinski definition) is 1. The average Bonchev–Trinajstić information content (AvgIpc) is 3.09. The number of unbranched alkanes of at least 4 members (excludes halogenated alkanes) is 1. The van der Waals surface area contributed by atoms with Gasteiger partial charge in [-0.1, -0.05) is 12.1 Å². The summed E-state index contributed by atoms with van der Waals surface area (Å²) in [5, 5.41) is 10.9. The minimum atomic E-state index is -0.213. The van der Waals surface area contributed by atoms with Crippen molar-refractivity contribution in [1.82, 2.24) is 25.0 Å². The molecule has 0 bridgehead atoms. The van der Waals surface area contributed by atoms with Crippen LogP contribution >= 0.6 is 24.0 Å². The van der Waals surface area contributed by atoms with Gasteiger partial charge in [-0.15, -0.1) is 34.2 Å². The van der Waals surface area contributed by atoms with Crippen LogP contribution in [0.5, 0.6) is 0 Å². The Morgan fingerprint density at radius 3 is 2.52 bits per heavy atom. The van der Waals surface area contributed by atoms with Crippen molar-refractivity contribution in [2.45, 2.75) is 32.9 Å². The first-order chi connectivity index (χ1) is 11.7. The number of nitrogens with zero attached hydrogens (tertiary/aromatic N) is 5. The summed E-state index contributed by atoms with van der Waals surface area (Å²) in [6.45, 7) is 5.22. The van der Waals surface area contributed by atoms with Gasteiger partial charge in [0.25, 0.3) is 0 Å². The van der Waals surface area contributed by atoms with Crippen LogP contribution in [0, 0.1) is 5.82 Å². The summed E-state index contributed by atoms with van der Waals surface area (Å²) in [4.78, 5) is 6.71.